The van der Waals surface area contributed by atoms with Crippen molar-refractivity contribution in [3.8, 4) is 0 Å². The summed E-state index contributed by atoms with van der Waals surface area (Å²) in [6, 6.07) is 8.42. The van der Waals surface area contributed by atoms with Gasteiger partial charge in [0, 0.05) is 29.9 Å². The first kappa shape index (κ1) is 17.4. The maximum Gasteiger partial charge on any atom is 0.316 e. The van der Waals surface area contributed by atoms with Crippen molar-refractivity contribution in [1.82, 2.24) is 20.1 Å². The third-order valence-corrected chi connectivity index (χ3v) is 3.86. The van der Waals surface area contributed by atoms with E-state index in [9.17, 15) is 9.59 Å². The Morgan fingerprint density at radius 2 is 1.92 bits per heavy atom. The smallest absolute Gasteiger partial charge is 0.316 e. The molecule has 0 bridgehead atoms. The molecule has 2 aromatic heterocycles. The van der Waals surface area contributed by atoms with E-state index in [1.54, 1.807) is 42.7 Å². The van der Waals surface area contributed by atoms with Crippen molar-refractivity contribution in [2.45, 2.75) is 26.4 Å². The zero-order valence-electron chi connectivity index (χ0n) is 14.6. The minimum absolute atomic E-state index is 0.201. The third-order valence-electron chi connectivity index (χ3n) is 3.86. The largest absolute Gasteiger partial charge is 0.351 e. The molecule has 0 atom stereocenters. The molecule has 2 heterocycles. The first-order valence-corrected chi connectivity index (χ1v) is 8.21. The summed E-state index contributed by atoms with van der Waals surface area (Å²) in [4.78, 5) is 27.5. The minimum Gasteiger partial charge on any atom is -0.351 e. The fourth-order valence-electron chi connectivity index (χ4n) is 2.57. The Morgan fingerprint density at radius 1 is 1.19 bits per heavy atom. The topological polar surface area (TPSA) is 115 Å². The van der Waals surface area contributed by atoms with Crippen LogP contribution >= 0.6 is 0 Å². The lowest BCUT2D eigenvalue weighted by molar-refractivity contribution is 0.0950. The first-order valence-electron chi connectivity index (χ1n) is 8.21. The number of benzene rings is 1. The Balaban J connectivity index is 1.66. The highest BCUT2D eigenvalue weighted by molar-refractivity contribution is 5.96. The van der Waals surface area contributed by atoms with Crippen LogP contribution in [0.5, 0.6) is 0 Å². The molecule has 134 valence electrons. The molecular weight excluding hydrogens is 332 g/mol. The number of hydrogen-bond acceptors (Lipinski definition) is 4. The van der Waals surface area contributed by atoms with Gasteiger partial charge in [0.25, 0.3) is 5.91 Å². The molecule has 26 heavy (non-hydrogen) atoms. The van der Waals surface area contributed by atoms with E-state index >= 15 is 0 Å². The predicted molar refractivity (Wildman–Crippen MR) is 98.7 cm³/mol. The van der Waals surface area contributed by atoms with Gasteiger partial charge in [-0.2, -0.15) is 5.10 Å². The predicted octanol–water partition coefficient (Wildman–Crippen LogP) is 2.43. The number of carbonyl (C=O) groups excluding carboxylic acids is 2. The number of nitrogens with zero attached hydrogens (tertiary/aromatic N) is 3. The van der Waals surface area contributed by atoms with Crippen LogP contribution in [0.2, 0.25) is 0 Å². The number of urea groups is 1. The van der Waals surface area contributed by atoms with Gasteiger partial charge in [-0.05, 0) is 37.6 Å². The lowest BCUT2D eigenvalue weighted by Crippen LogP contribution is -2.23. The van der Waals surface area contributed by atoms with Gasteiger partial charge in [0.2, 0.25) is 0 Å². The molecule has 0 aliphatic heterocycles. The van der Waals surface area contributed by atoms with Crippen LogP contribution in [-0.2, 0) is 6.54 Å². The van der Waals surface area contributed by atoms with Crippen LogP contribution in [0.3, 0.4) is 0 Å². The number of hydrogen-bond donors (Lipinski definition) is 3. The van der Waals surface area contributed by atoms with Gasteiger partial charge in [0.05, 0.1) is 11.8 Å². The second kappa shape index (κ2) is 7.22. The van der Waals surface area contributed by atoms with E-state index in [-0.39, 0.29) is 11.9 Å². The maximum absolute atomic E-state index is 12.4. The molecule has 0 aliphatic rings. The number of aromatic nitrogens is 3. The van der Waals surface area contributed by atoms with Gasteiger partial charge in [-0.15, -0.1) is 0 Å². The molecule has 0 fully saturated rings. The molecule has 0 unspecified atom stereocenters. The standard InChI is InChI=1S/C18H20N6O2/c1-11(2)24-16-13(10-22-24)7-14(9-20-16)17(25)21-8-12-3-5-15(6-4-12)23-18(19)26/h3-7,9-11H,8H2,1-2H3,(H,21,25)(H3,19,23,26). The molecule has 0 saturated carbocycles. The van der Waals surface area contributed by atoms with Gasteiger partial charge in [-0.25, -0.2) is 14.5 Å². The molecule has 8 heteroatoms. The number of fused-ring (bicyclic) bond motifs is 1. The number of primary amides is 1. The van der Waals surface area contributed by atoms with Gasteiger partial charge in [0.15, 0.2) is 5.65 Å². The fourth-order valence-corrected chi connectivity index (χ4v) is 2.57. The molecule has 4 N–H and O–H groups in total. The summed E-state index contributed by atoms with van der Waals surface area (Å²) in [7, 11) is 0. The maximum atomic E-state index is 12.4. The van der Waals surface area contributed by atoms with Crippen LogP contribution in [0.15, 0.2) is 42.7 Å². The quantitative estimate of drug-likeness (QED) is 0.654. The highest BCUT2D eigenvalue weighted by atomic mass is 16.2. The SMILES string of the molecule is CC(C)n1ncc2cc(C(=O)NCc3ccc(NC(N)=O)cc3)cnc21. The number of rotatable bonds is 5. The van der Waals surface area contributed by atoms with E-state index in [1.807, 2.05) is 18.5 Å². The average Bonchev–Trinajstić information content (AvgIpc) is 3.03. The van der Waals surface area contributed by atoms with Crippen molar-refractivity contribution >= 4 is 28.7 Å². The molecule has 3 amide bonds. The summed E-state index contributed by atoms with van der Waals surface area (Å²) in [6.07, 6.45) is 3.27. The number of nitrogens with one attached hydrogen (secondary N) is 2. The second-order valence-corrected chi connectivity index (χ2v) is 6.19. The zero-order chi connectivity index (χ0) is 18.7. The monoisotopic (exact) mass is 352 g/mol. The molecule has 3 aromatic rings. The van der Waals surface area contributed by atoms with Crippen molar-refractivity contribution in [1.29, 1.82) is 0 Å². The summed E-state index contributed by atoms with van der Waals surface area (Å²) in [6.45, 7) is 4.41. The number of nitrogens with two attached hydrogens (primary N) is 1. The summed E-state index contributed by atoms with van der Waals surface area (Å²) in [5.41, 5.74) is 7.80. The van der Waals surface area contributed by atoms with Gasteiger partial charge in [-0.1, -0.05) is 12.1 Å². The van der Waals surface area contributed by atoms with Crippen molar-refractivity contribution in [2.75, 3.05) is 5.32 Å². The molecular formula is C18H20N6O2. The number of carbonyl (C=O) groups is 2. The van der Waals surface area contributed by atoms with Gasteiger partial charge < -0.3 is 16.4 Å². The Hall–Kier alpha value is -3.42. The first-order chi connectivity index (χ1) is 12.4. The molecule has 8 nitrogen and oxygen atoms in total. The zero-order valence-corrected chi connectivity index (χ0v) is 14.6. The van der Waals surface area contributed by atoms with E-state index in [0.717, 1.165) is 16.6 Å². The fraction of sp³-hybridized carbons (Fsp3) is 0.222. The molecule has 0 aliphatic carbocycles. The highest BCUT2D eigenvalue weighted by Gasteiger charge is 2.11. The second-order valence-electron chi connectivity index (χ2n) is 6.19. The summed E-state index contributed by atoms with van der Waals surface area (Å²) >= 11 is 0. The summed E-state index contributed by atoms with van der Waals surface area (Å²) < 4.78 is 1.82. The van der Waals surface area contributed by atoms with Crippen molar-refractivity contribution in [3.05, 3.63) is 53.9 Å². The Bertz CT molecular complexity index is 946. The lowest BCUT2D eigenvalue weighted by atomic mass is 10.2. The van der Waals surface area contributed by atoms with Crippen LogP contribution in [0.1, 0.15) is 35.8 Å². The molecule has 1 aromatic carbocycles. The van der Waals surface area contributed by atoms with E-state index < -0.39 is 6.03 Å². The van der Waals surface area contributed by atoms with Gasteiger partial charge in [-0.3, -0.25) is 4.79 Å². The van der Waals surface area contributed by atoms with Gasteiger partial charge in [0.1, 0.15) is 0 Å². The average molecular weight is 352 g/mol. The van der Waals surface area contributed by atoms with Crippen molar-refractivity contribution < 1.29 is 9.59 Å². The minimum atomic E-state index is -0.616. The number of anilines is 1. The molecule has 0 saturated heterocycles. The van der Waals surface area contributed by atoms with E-state index in [1.165, 1.54) is 0 Å². The summed E-state index contributed by atoms with van der Waals surface area (Å²) in [5.74, 6) is -0.212. The summed E-state index contributed by atoms with van der Waals surface area (Å²) in [5, 5.41) is 10.5. The Morgan fingerprint density at radius 3 is 2.58 bits per heavy atom. The van der Waals surface area contributed by atoms with Crippen LogP contribution in [0, 0.1) is 0 Å². The Labute approximate surface area is 150 Å². The number of pyridine rings is 1. The normalized spacial score (nSPS) is 10.9. The third kappa shape index (κ3) is 3.80. The van der Waals surface area contributed by atoms with E-state index in [2.05, 4.69) is 20.7 Å². The van der Waals surface area contributed by atoms with Crippen LogP contribution in [0.4, 0.5) is 10.5 Å². The van der Waals surface area contributed by atoms with Crippen LogP contribution in [0.25, 0.3) is 11.0 Å². The van der Waals surface area contributed by atoms with E-state index in [4.69, 9.17) is 5.73 Å². The van der Waals surface area contributed by atoms with E-state index in [0.29, 0.717) is 17.8 Å². The van der Waals surface area contributed by atoms with Crippen LogP contribution < -0.4 is 16.4 Å². The van der Waals surface area contributed by atoms with Crippen molar-refractivity contribution in [3.63, 3.8) is 0 Å². The number of amides is 3. The molecule has 0 spiro atoms. The van der Waals surface area contributed by atoms with Crippen molar-refractivity contribution in [2.24, 2.45) is 5.73 Å². The van der Waals surface area contributed by atoms with Gasteiger partial charge >= 0.3 is 6.03 Å². The van der Waals surface area contributed by atoms with Crippen LogP contribution in [-0.4, -0.2) is 26.7 Å². The highest BCUT2D eigenvalue weighted by Crippen LogP contribution is 2.17. The molecule has 0 radical (unpaired) electrons. The Kier molecular flexibility index (Phi) is 4.83. The lowest BCUT2D eigenvalue weighted by Gasteiger charge is -2.08. The molecule has 3 rings (SSSR count).